The van der Waals surface area contributed by atoms with Gasteiger partial charge in [-0.15, -0.1) is 0 Å². The van der Waals surface area contributed by atoms with Gasteiger partial charge >= 0.3 is 5.97 Å². The van der Waals surface area contributed by atoms with Gasteiger partial charge in [-0.3, -0.25) is 14.5 Å². The lowest BCUT2D eigenvalue weighted by Gasteiger charge is -2.25. The van der Waals surface area contributed by atoms with Crippen LogP contribution in [0.25, 0.3) is 0 Å². The van der Waals surface area contributed by atoms with E-state index in [9.17, 15) is 9.59 Å². The lowest BCUT2D eigenvalue weighted by atomic mass is 9.99. The fourth-order valence-electron chi connectivity index (χ4n) is 3.20. The molecule has 0 bridgehead atoms. The van der Waals surface area contributed by atoms with E-state index in [2.05, 4.69) is 5.32 Å². The van der Waals surface area contributed by atoms with Crippen LogP contribution < -0.4 is 5.32 Å². The van der Waals surface area contributed by atoms with Crippen LogP contribution in [0.3, 0.4) is 0 Å². The van der Waals surface area contributed by atoms with E-state index in [1.54, 1.807) is 0 Å². The lowest BCUT2D eigenvalue weighted by molar-refractivity contribution is -0.142. The van der Waals surface area contributed by atoms with Crippen LogP contribution >= 0.6 is 0 Å². The Labute approximate surface area is 114 Å². The van der Waals surface area contributed by atoms with Crippen LogP contribution in [-0.2, 0) is 9.59 Å². The summed E-state index contributed by atoms with van der Waals surface area (Å²) in [6.45, 7) is 4.99. The highest BCUT2D eigenvalue weighted by Crippen LogP contribution is 2.25. The number of hydrogen-bond acceptors (Lipinski definition) is 3. The van der Waals surface area contributed by atoms with Crippen LogP contribution in [0.1, 0.15) is 39.5 Å². The number of carbonyl (C=O) groups excluding carboxylic acids is 1. The molecule has 5 heteroatoms. The Morgan fingerprint density at radius 2 is 1.89 bits per heavy atom. The third-order valence-electron chi connectivity index (χ3n) is 4.59. The molecule has 0 radical (unpaired) electrons. The normalized spacial score (nSPS) is 30.4. The minimum Gasteiger partial charge on any atom is -0.481 e. The van der Waals surface area contributed by atoms with Gasteiger partial charge in [0, 0.05) is 19.1 Å². The van der Waals surface area contributed by atoms with Crippen molar-refractivity contribution in [2.75, 3.05) is 13.1 Å². The first-order valence-corrected chi connectivity index (χ1v) is 7.26. The summed E-state index contributed by atoms with van der Waals surface area (Å²) < 4.78 is 0. The van der Waals surface area contributed by atoms with Crippen LogP contribution in [0, 0.1) is 11.8 Å². The molecule has 19 heavy (non-hydrogen) atoms. The van der Waals surface area contributed by atoms with Gasteiger partial charge in [0.15, 0.2) is 0 Å². The molecule has 1 aliphatic carbocycles. The molecule has 0 aromatic rings. The summed E-state index contributed by atoms with van der Waals surface area (Å²) in [6.07, 6.45) is 4.54. The Bertz CT molecular complexity index is 353. The van der Waals surface area contributed by atoms with E-state index in [0.717, 1.165) is 12.8 Å². The van der Waals surface area contributed by atoms with E-state index in [0.29, 0.717) is 19.1 Å². The second-order valence-corrected chi connectivity index (χ2v) is 6.04. The third-order valence-corrected chi connectivity index (χ3v) is 4.59. The van der Waals surface area contributed by atoms with E-state index < -0.39 is 5.97 Å². The molecule has 1 heterocycles. The van der Waals surface area contributed by atoms with Crippen molar-refractivity contribution in [1.82, 2.24) is 10.2 Å². The number of nitrogens with zero attached hydrogens (tertiary/aromatic N) is 1. The number of hydrogen-bond donors (Lipinski definition) is 2. The maximum absolute atomic E-state index is 12.2. The summed E-state index contributed by atoms with van der Waals surface area (Å²) in [6, 6.07) is 0.0950. The second-order valence-electron chi connectivity index (χ2n) is 6.04. The monoisotopic (exact) mass is 268 g/mol. The van der Waals surface area contributed by atoms with Gasteiger partial charge in [0.05, 0.1) is 12.0 Å². The highest BCUT2D eigenvalue weighted by Gasteiger charge is 2.38. The van der Waals surface area contributed by atoms with E-state index in [4.69, 9.17) is 5.11 Å². The van der Waals surface area contributed by atoms with Gasteiger partial charge in [-0.1, -0.05) is 19.8 Å². The van der Waals surface area contributed by atoms with Crippen LogP contribution in [0.15, 0.2) is 0 Å². The molecule has 2 fully saturated rings. The standard InChI is InChI=1S/C14H24N2O3/c1-9-7-16(8-12(9)14(18)19)10(2)13(17)15-11-5-3-4-6-11/h9-12H,3-8H2,1-2H3,(H,15,17)(H,18,19)/t9-,10?,12-/m1/s1. The zero-order valence-corrected chi connectivity index (χ0v) is 11.8. The van der Waals surface area contributed by atoms with Gasteiger partial charge < -0.3 is 10.4 Å². The SMILES string of the molecule is CC(C(=O)NC1CCCC1)N1C[C@@H](C)[C@H](C(=O)O)C1. The molecule has 2 rings (SSSR count). The number of nitrogens with one attached hydrogen (secondary N) is 1. The zero-order valence-electron chi connectivity index (χ0n) is 11.8. The molecule has 0 aromatic carbocycles. The lowest BCUT2D eigenvalue weighted by Crippen LogP contribution is -2.47. The van der Waals surface area contributed by atoms with Crippen molar-refractivity contribution in [3.63, 3.8) is 0 Å². The summed E-state index contributed by atoms with van der Waals surface area (Å²) in [7, 11) is 0. The van der Waals surface area contributed by atoms with E-state index >= 15 is 0 Å². The smallest absolute Gasteiger partial charge is 0.308 e. The molecule has 2 aliphatic rings. The molecular formula is C14H24N2O3. The molecule has 0 aromatic heterocycles. The molecule has 1 saturated carbocycles. The number of rotatable bonds is 4. The topological polar surface area (TPSA) is 69.6 Å². The van der Waals surface area contributed by atoms with Gasteiger partial charge in [0.25, 0.3) is 0 Å². The van der Waals surface area contributed by atoms with Gasteiger partial charge in [-0.2, -0.15) is 0 Å². The maximum Gasteiger partial charge on any atom is 0.308 e. The van der Waals surface area contributed by atoms with Crippen molar-refractivity contribution in [2.24, 2.45) is 11.8 Å². The average Bonchev–Trinajstić information content (AvgIpc) is 2.97. The van der Waals surface area contributed by atoms with Crippen molar-refractivity contribution < 1.29 is 14.7 Å². The molecule has 0 spiro atoms. The van der Waals surface area contributed by atoms with Gasteiger partial charge in [-0.05, 0) is 25.7 Å². The Kier molecular flexibility index (Phi) is 4.45. The highest BCUT2D eigenvalue weighted by molar-refractivity contribution is 5.82. The highest BCUT2D eigenvalue weighted by atomic mass is 16.4. The Morgan fingerprint density at radius 3 is 2.42 bits per heavy atom. The molecule has 1 unspecified atom stereocenters. The number of carbonyl (C=O) groups is 2. The van der Waals surface area contributed by atoms with E-state index in [1.165, 1.54) is 12.8 Å². The summed E-state index contributed by atoms with van der Waals surface area (Å²) in [5, 5.41) is 12.2. The largest absolute Gasteiger partial charge is 0.481 e. The summed E-state index contributed by atoms with van der Waals surface area (Å²) in [4.78, 5) is 25.3. The molecule has 5 nitrogen and oxygen atoms in total. The minimum atomic E-state index is -0.751. The Morgan fingerprint density at radius 1 is 1.26 bits per heavy atom. The van der Waals surface area contributed by atoms with Gasteiger partial charge in [0.1, 0.15) is 0 Å². The summed E-state index contributed by atoms with van der Waals surface area (Å²) in [5.41, 5.74) is 0. The molecule has 108 valence electrons. The number of aliphatic carboxylic acids is 1. The molecule has 1 aliphatic heterocycles. The molecular weight excluding hydrogens is 244 g/mol. The van der Waals surface area contributed by atoms with E-state index in [1.807, 2.05) is 18.7 Å². The van der Waals surface area contributed by atoms with Crippen LogP contribution in [-0.4, -0.2) is 47.1 Å². The fourth-order valence-corrected chi connectivity index (χ4v) is 3.20. The number of carboxylic acid groups (broad SMARTS) is 1. The Hall–Kier alpha value is -1.10. The number of likely N-dealkylation sites (tertiary alicyclic amines) is 1. The minimum absolute atomic E-state index is 0.0464. The average molecular weight is 268 g/mol. The van der Waals surface area contributed by atoms with Crippen LogP contribution in [0.2, 0.25) is 0 Å². The van der Waals surface area contributed by atoms with Gasteiger partial charge in [0.2, 0.25) is 5.91 Å². The first-order chi connectivity index (χ1) is 8.99. The molecule has 1 amide bonds. The Balaban J connectivity index is 1.87. The zero-order chi connectivity index (χ0) is 14.0. The summed E-state index contributed by atoms with van der Waals surface area (Å²) >= 11 is 0. The number of amides is 1. The predicted octanol–water partition coefficient (Wildman–Crippen LogP) is 1.09. The van der Waals surface area contributed by atoms with Crippen molar-refractivity contribution in [3.8, 4) is 0 Å². The van der Waals surface area contributed by atoms with Crippen molar-refractivity contribution in [3.05, 3.63) is 0 Å². The van der Waals surface area contributed by atoms with Crippen molar-refractivity contribution in [1.29, 1.82) is 0 Å². The maximum atomic E-state index is 12.2. The third kappa shape index (κ3) is 3.26. The quantitative estimate of drug-likeness (QED) is 0.800. The van der Waals surface area contributed by atoms with Crippen LogP contribution in [0.5, 0.6) is 0 Å². The number of carboxylic acids is 1. The van der Waals surface area contributed by atoms with Crippen molar-refractivity contribution >= 4 is 11.9 Å². The van der Waals surface area contributed by atoms with Crippen molar-refractivity contribution in [2.45, 2.75) is 51.6 Å². The summed E-state index contributed by atoms with van der Waals surface area (Å²) in [5.74, 6) is -0.940. The second kappa shape index (κ2) is 5.90. The first-order valence-electron chi connectivity index (χ1n) is 7.26. The van der Waals surface area contributed by atoms with E-state index in [-0.39, 0.29) is 23.8 Å². The predicted molar refractivity (Wildman–Crippen MR) is 71.7 cm³/mol. The molecule has 2 N–H and O–H groups in total. The fraction of sp³-hybridized carbons (Fsp3) is 0.857. The van der Waals surface area contributed by atoms with Gasteiger partial charge in [-0.25, -0.2) is 0 Å². The first kappa shape index (κ1) is 14.3. The molecule has 1 saturated heterocycles. The molecule has 3 atom stereocenters. The van der Waals surface area contributed by atoms with Crippen LogP contribution in [0.4, 0.5) is 0 Å².